The van der Waals surface area contributed by atoms with Crippen molar-refractivity contribution in [2.24, 2.45) is 0 Å². The van der Waals surface area contributed by atoms with Crippen LogP contribution in [0.1, 0.15) is 44.5 Å². The number of hydrogen-bond donors (Lipinski definition) is 0. The second-order valence-electron chi connectivity index (χ2n) is 20.2. The maximum Gasteiger partial charge on any atom is 0.136 e. The van der Waals surface area contributed by atoms with Crippen LogP contribution in [0.3, 0.4) is 0 Å². The molecule has 2 heteroatoms. The van der Waals surface area contributed by atoms with Gasteiger partial charge in [-0.25, -0.2) is 0 Å². The summed E-state index contributed by atoms with van der Waals surface area (Å²) < 4.78 is 6.78. The Kier molecular flexibility index (Phi) is 8.62. The highest BCUT2D eigenvalue weighted by molar-refractivity contribution is 6.17. The summed E-state index contributed by atoms with van der Waals surface area (Å²) >= 11 is 0. The van der Waals surface area contributed by atoms with Crippen LogP contribution in [-0.4, -0.2) is 0 Å². The molecule has 74 heavy (non-hydrogen) atoms. The van der Waals surface area contributed by atoms with Gasteiger partial charge in [-0.1, -0.05) is 231 Å². The molecule has 13 aromatic rings. The Morgan fingerprint density at radius 2 is 0.757 bits per heavy atom. The van der Waals surface area contributed by atoms with E-state index in [2.05, 4.69) is 278 Å². The van der Waals surface area contributed by atoms with E-state index >= 15 is 0 Å². The van der Waals surface area contributed by atoms with Gasteiger partial charge in [-0.15, -0.1) is 0 Å². The molecule has 0 aliphatic heterocycles. The number of hydrogen-bond acceptors (Lipinski definition) is 2. The van der Waals surface area contributed by atoms with Crippen molar-refractivity contribution in [2.45, 2.75) is 10.8 Å². The summed E-state index contributed by atoms with van der Waals surface area (Å²) in [4.78, 5) is 2.58. The van der Waals surface area contributed by atoms with Crippen molar-refractivity contribution < 1.29 is 4.42 Å². The fraction of sp³-hybridized carbons (Fsp3) is 0.0278. The minimum Gasteiger partial charge on any atom is -0.456 e. The van der Waals surface area contributed by atoms with E-state index in [0.29, 0.717) is 0 Å². The number of fused-ring (bicyclic) bond motifs is 17. The predicted molar refractivity (Wildman–Crippen MR) is 305 cm³/mol. The van der Waals surface area contributed by atoms with Gasteiger partial charge >= 0.3 is 0 Å². The molecule has 0 fully saturated rings. The molecule has 2 nitrogen and oxygen atoms in total. The lowest BCUT2D eigenvalue weighted by Gasteiger charge is -2.35. The fourth-order valence-corrected chi connectivity index (χ4v) is 13.9. The second kappa shape index (κ2) is 15.5. The average Bonchev–Trinajstić information content (AvgIpc) is 4.34. The molecule has 16 rings (SSSR count). The van der Waals surface area contributed by atoms with E-state index in [0.717, 1.165) is 55.5 Å². The number of para-hydroxylation sites is 1. The van der Waals surface area contributed by atoms with Gasteiger partial charge in [0.2, 0.25) is 0 Å². The summed E-state index contributed by atoms with van der Waals surface area (Å²) in [5.74, 6) is 0. The molecule has 12 aromatic carbocycles. The van der Waals surface area contributed by atoms with Crippen LogP contribution in [0.2, 0.25) is 0 Å². The van der Waals surface area contributed by atoms with E-state index in [1.54, 1.807) is 0 Å². The minimum absolute atomic E-state index is 0.514. The molecule has 344 valence electrons. The Labute approximate surface area is 429 Å². The van der Waals surface area contributed by atoms with E-state index in [1.165, 1.54) is 83.3 Å². The first-order valence-corrected chi connectivity index (χ1v) is 25.7. The van der Waals surface area contributed by atoms with Crippen molar-refractivity contribution in [1.82, 2.24) is 0 Å². The first-order valence-electron chi connectivity index (χ1n) is 25.7. The number of furan rings is 1. The van der Waals surface area contributed by atoms with Gasteiger partial charge in [-0.05, 0) is 131 Å². The third-order valence-corrected chi connectivity index (χ3v) is 16.7. The standard InChI is InChI=1S/C72H45NO/c1-3-23-48(24-4-1)71(49-25-5-2-6-26-49)59-33-14-9-29-53(59)54-42-41-50(45-64(54)71)73(65-38-18-13-30-55(65)56-32-19-40-67-69(56)58-43-46-21-7-8-22-47(46)44-68(58)74-67)66-39-20-37-63-70(66)57-31-12-17-36-62(57)72(63)60-34-15-10-27-51(60)52-28-11-16-35-61(52)72/h1-45H. The molecule has 1 spiro atoms. The molecule has 3 aliphatic carbocycles. The second-order valence-corrected chi connectivity index (χ2v) is 20.2. The first kappa shape index (κ1) is 41.2. The van der Waals surface area contributed by atoms with Crippen molar-refractivity contribution in [2.75, 3.05) is 4.90 Å². The van der Waals surface area contributed by atoms with Crippen LogP contribution in [0.4, 0.5) is 17.1 Å². The number of nitrogens with zero attached hydrogens (tertiary/aromatic N) is 1. The topological polar surface area (TPSA) is 16.4 Å². The maximum atomic E-state index is 6.78. The Hall–Kier alpha value is -9.50. The highest BCUT2D eigenvalue weighted by atomic mass is 16.3. The molecule has 0 N–H and O–H groups in total. The van der Waals surface area contributed by atoms with Crippen molar-refractivity contribution in [1.29, 1.82) is 0 Å². The minimum atomic E-state index is -0.591. The number of rotatable bonds is 6. The lowest BCUT2D eigenvalue weighted by Crippen LogP contribution is -2.28. The predicted octanol–water partition coefficient (Wildman–Crippen LogP) is 18.6. The summed E-state index contributed by atoms with van der Waals surface area (Å²) in [6.45, 7) is 0. The molecule has 0 bridgehead atoms. The van der Waals surface area contributed by atoms with Crippen LogP contribution in [-0.2, 0) is 10.8 Å². The molecule has 0 radical (unpaired) electrons. The SMILES string of the molecule is c1ccc(C2(c3ccccc3)c3ccccc3-c3ccc(N(c4ccccc4-c4cccc5oc6cc7ccccc7cc6c45)c4cccc5c4-c4ccccc4C54c5ccccc5-c5ccccc54)cc32)cc1. The summed E-state index contributed by atoms with van der Waals surface area (Å²) in [5, 5.41) is 4.57. The van der Waals surface area contributed by atoms with Gasteiger partial charge in [-0.3, -0.25) is 0 Å². The smallest absolute Gasteiger partial charge is 0.136 e. The summed E-state index contributed by atoms with van der Waals surface area (Å²) in [7, 11) is 0. The highest BCUT2D eigenvalue weighted by Crippen LogP contribution is 2.65. The van der Waals surface area contributed by atoms with Crippen LogP contribution in [0, 0.1) is 0 Å². The van der Waals surface area contributed by atoms with Gasteiger partial charge in [0.25, 0.3) is 0 Å². The van der Waals surface area contributed by atoms with Crippen molar-refractivity contribution >= 4 is 49.8 Å². The molecular formula is C72H45NO. The number of anilines is 3. The quantitative estimate of drug-likeness (QED) is 0.165. The van der Waals surface area contributed by atoms with Gasteiger partial charge in [-0.2, -0.15) is 0 Å². The molecule has 0 atom stereocenters. The summed E-state index contributed by atoms with van der Waals surface area (Å²) in [5.41, 5.74) is 24.0. The molecule has 1 aromatic heterocycles. The van der Waals surface area contributed by atoms with E-state index in [1.807, 2.05) is 0 Å². The zero-order valence-electron chi connectivity index (χ0n) is 40.3. The largest absolute Gasteiger partial charge is 0.456 e. The Morgan fingerprint density at radius 3 is 1.42 bits per heavy atom. The molecule has 0 saturated carbocycles. The lowest BCUT2D eigenvalue weighted by molar-refractivity contribution is 0.669. The van der Waals surface area contributed by atoms with Gasteiger partial charge in [0, 0.05) is 27.6 Å². The van der Waals surface area contributed by atoms with E-state index in [-0.39, 0.29) is 0 Å². The highest BCUT2D eigenvalue weighted by Gasteiger charge is 2.53. The zero-order chi connectivity index (χ0) is 48.5. The normalized spacial score (nSPS) is 13.9. The third kappa shape index (κ3) is 5.39. The van der Waals surface area contributed by atoms with Crippen molar-refractivity contribution in [3.05, 3.63) is 317 Å². The zero-order valence-corrected chi connectivity index (χ0v) is 40.3. The van der Waals surface area contributed by atoms with E-state index < -0.39 is 10.8 Å². The summed E-state index contributed by atoms with van der Waals surface area (Å²) in [6.07, 6.45) is 0. The fourth-order valence-electron chi connectivity index (χ4n) is 13.9. The first-order chi connectivity index (χ1) is 36.7. The van der Waals surface area contributed by atoms with Gasteiger partial charge in [0.15, 0.2) is 0 Å². The van der Waals surface area contributed by atoms with Gasteiger partial charge in [0.05, 0.1) is 22.2 Å². The Morgan fingerprint density at radius 1 is 0.284 bits per heavy atom. The summed E-state index contributed by atoms with van der Waals surface area (Å²) in [6, 6.07) is 102. The van der Waals surface area contributed by atoms with Crippen LogP contribution < -0.4 is 4.90 Å². The van der Waals surface area contributed by atoms with E-state index in [4.69, 9.17) is 4.42 Å². The van der Waals surface area contributed by atoms with Gasteiger partial charge < -0.3 is 9.32 Å². The van der Waals surface area contributed by atoms with E-state index in [9.17, 15) is 0 Å². The maximum absolute atomic E-state index is 6.78. The molecule has 0 unspecified atom stereocenters. The average molecular weight is 940 g/mol. The van der Waals surface area contributed by atoms with Crippen LogP contribution >= 0.6 is 0 Å². The van der Waals surface area contributed by atoms with Crippen LogP contribution in [0.15, 0.2) is 277 Å². The van der Waals surface area contributed by atoms with Crippen molar-refractivity contribution in [3.8, 4) is 44.5 Å². The molecule has 0 amide bonds. The van der Waals surface area contributed by atoms with Gasteiger partial charge in [0.1, 0.15) is 11.2 Å². The Bertz CT molecular complexity index is 4360. The van der Waals surface area contributed by atoms with Crippen LogP contribution in [0.5, 0.6) is 0 Å². The third-order valence-electron chi connectivity index (χ3n) is 16.7. The molecule has 1 heterocycles. The van der Waals surface area contributed by atoms with Crippen LogP contribution in [0.25, 0.3) is 77.2 Å². The van der Waals surface area contributed by atoms with Crippen molar-refractivity contribution in [3.63, 3.8) is 0 Å². The molecular weight excluding hydrogens is 895 g/mol. The molecule has 3 aliphatic rings. The molecule has 0 saturated heterocycles. The Balaban J connectivity index is 1.02. The lowest BCUT2D eigenvalue weighted by atomic mass is 9.67. The monoisotopic (exact) mass is 939 g/mol. The number of benzene rings is 12.